The van der Waals surface area contributed by atoms with Crippen LogP contribution in [0.25, 0.3) is 0 Å². The van der Waals surface area contributed by atoms with E-state index in [1.165, 1.54) is 6.07 Å². The Kier molecular flexibility index (Phi) is 5.15. The van der Waals surface area contributed by atoms with Gasteiger partial charge in [-0.05, 0) is 25.5 Å². The second-order valence-corrected chi connectivity index (χ2v) is 4.49. The van der Waals surface area contributed by atoms with Gasteiger partial charge in [0.1, 0.15) is 5.75 Å². The zero-order chi connectivity index (χ0) is 15.1. The minimum absolute atomic E-state index is 0.164. The molecular weight excluding hydrogens is 268 g/mol. The van der Waals surface area contributed by atoms with Gasteiger partial charge >= 0.3 is 0 Å². The maximum atomic E-state index is 11.0. The molecular formula is C16H18N2O3. The van der Waals surface area contributed by atoms with E-state index in [9.17, 15) is 10.1 Å². The normalized spacial score (nSPS) is 10.1. The highest BCUT2D eigenvalue weighted by Crippen LogP contribution is 2.24. The smallest absolute Gasteiger partial charge is 0.272 e. The Morgan fingerprint density at radius 2 is 1.86 bits per heavy atom. The van der Waals surface area contributed by atoms with E-state index in [4.69, 9.17) is 4.74 Å². The highest BCUT2D eigenvalue weighted by Gasteiger charge is 2.11. The second-order valence-electron chi connectivity index (χ2n) is 4.49. The largest absolute Gasteiger partial charge is 0.492 e. The van der Waals surface area contributed by atoms with Gasteiger partial charge in [0.05, 0.1) is 17.2 Å². The van der Waals surface area contributed by atoms with E-state index in [0.29, 0.717) is 19.6 Å². The third-order valence-corrected chi connectivity index (χ3v) is 3.09. The molecule has 0 amide bonds. The zero-order valence-electron chi connectivity index (χ0n) is 11.9. The lowest BCUT2D eigenvalue weighted by molar-refractivity contribution is -0.385. The number of anilines is 1. The van der Waals surface area contributed by atoms with Gasteiger partial charge in [0, 0.05) is 18.2 Å². The summed E-state index contributed by atoms with van der Waals surface area (Å²) in [6.45, 7) is 3.14. The summed E-state index contributed by atoms with van der Waals surface area (Å²) in [5, 5.41) is 14.2. The van der Waals surface area contributed by atoms with Crippen molar-refractivity contribution in [3.63, 3.8) is 0 Å². The topological polar surface area (TPSA) is 64.4 Å². The van der Waals surface area contributed by atoms with Crippen LogP contribution in [0.1, 0.15) is 12.5 Å². The fourth-order valence-electron chi connectivity index (χ4n) is 2.13. The first-order valence-corrected chi connectivity index (χ1v) is 6.90. The third kappa shape index (κ3) is 3.95. The van der Waals surface area contributed by atoms with Crippen LogP contribution in [0.3, 0.4) is 0 Å². The number of nitro benzene ring substituents is 1. The first-order chi connectivity index (χ1) is 10.2. The molecule has 2 aromatic carbocycles. The summed E-state index contributed by atoms with van der Waals surface area (Å²) >= 11 is 0. The van der Waals surface area contributed by atoms with Crippen LogP contribution in [-0.4, -0.2) is 18.1 Å². The molecule has 0 aliphatic rings. The van der Waals surface area contributed by atoms with Crippen LogP contribution in [0.5, 0.6) is 5.75 Å². The van der Waals surface area contributed by atoms with Gasteiger partial charge in [-0.25, -0.2) is 0 Å². The summed E-state index contributed by atoms with van der Waals surface area (Å²) in [6, 6.07) is 14.5. The quantitative estimate of drug-likeness (QED) is 0.623. The van der Waals surface area contributed by atoms with E-state index in [-0.39, 0.29) is 10.6 Å². The van der Waals surface area contributed by atoms with Crippen LogP contribution < -0.4 is 10.1 Å². The lowest BCUT2D eigenvalue weighted by Gasteiger charge is -2.12. The standard InChI is InChI=1S/C16H18N2O3/c1-2-21-16-10-6-4-8-14(16)17-12-11-13-7-3-5-9-15(13)18(19)20/h3-10,17H,2,11-12H2,1H3. The molecule has 5 heteroatoms. The van der Waals surface area contributed by atoms with Crippen LogP contribution in [0.4, 0.5) is 11.4 Å². The SMILES string of the molecule is CCOc1ccccc1NCCc1ccccc1[N+](=O)[O-]. The van der Waals surface area contributed by atoms with E-state index >= 15 is 0 Å². The molecule has 2 aromatic rings. The molecule has 1 N–H and O–H groups in total. The number of rotatable bonds is 7. The fourth-order valence-corrected chi connectivity index (χ4v) is 2.13. The summed E-state index contributed by atoms with van der Waals surface area (Å²) < 4.78 is 5.53. The first kappa shape index (κ1) is 14.8. The number of nitrogens with zero attached hydrogens (tertiary/aromatic N) is 1. The monoisotopic (exact) mass is 286 g/mol. The second kappa shape index (κ2) is 7.28. The Bertz CT molecular complexity index is 614. The summed E-state index contributed by atoms with van der Waals surface area (Å²) in [5.74, 6) is 0.794. The molecule has 0 atom stereocenters. The van der Waals surface area contributed by atoms with Crippen molar-refractivity contribution in [1.82, 2.24) is 0 Å². The van der Waals surface area contributed by atoms with Crippen molar-refractivity contribution < 1.29 is 9.66 Å². The molecule has 0 bridgehead atoms. The summed E-state index contributed by atoms with van der Waals surface area (Å²) in [5.41, 5.74) is 1.79. The lowest BCUT2D eigenvalue weighted by Crippen LogP contribution is -2.08. The van der Waals surface area contributed by atoms with Crippen molar-refractivity contribution in [3.8, 4) is 5.75 Å². The van der Waals surface area contributed by atoms with E-state index in [1.807, 2.05) is 37.3 Å². The molecule has 0 spiro atoms. The Labute approximate surface area is 123 Å². The molecule has 0 heterocycles. The third-order valence-electron chi connectivity index (χ3n) is 3.09. The molecule has 0 aliphatic heterocycles. The van der Waals surface area contributed by atoms with Crippen LogP contribution in [0.15, 0.2) is 48.5 Å². The van der Waals surface area contributed by atoms with Crippen molar-refractivity contribution in [2.24, 2.45) is 0 Å². The molecule has 0 aliphatic carbocycles. The van der Waals surface area contributed by atoms with E-state index in [1.54, 1.807) is 12.1 Å². The van der Waals surface area contributed by atoms with Gasteiger partial charge in [-0.2, -0.15) is 0 Å². The average molecular weight is 286 g/mol. The highest BCUT2D eigenvalue weighted by atomic mass is 16.6. The molecule has 21 heavy (non-hydrogen) atoms. The molecule has 0 aromatic heterocycles. The van der Waals surface area contributed by atoms with Gasteiger partial charge in [0.2, 0.25) is 0 Å². The number of nitro groups is 1. The number of ether oxygens (including phenoxy) is 1. The molecule has 0 saturated carbocycles. The number of hydrogen-bond donors (Lipinski definition) is 1. The fraction of sp³-hybridized carbons (Fsp3) is 0.250. The van der Waals surface area contributed by atoms with Gasteiger partial charge < -0.3 is 10.1 Å². The predicted octanol–water partition coefficient (Wildman–Crippen LogP) is 3.65. The number of para-hydroxylation sites is 3. The van der Waals surface area contributed by atoms with Crippen LogP contribution in [0.2, 0.25) is 0 Å². The van der Waals surface area contributed by atoms with Crippen molar-refractivity contribution in [3.05, 3.63) is 64.2 Å². The molecule has 110 valence electrons. The summed E-state index contributed by atoms with van der Waals surface area (Å²) in [4.78, 5) is 10.6. The van der Waals surface area contributed by atoms with E-state index in [0.717, 1.165) is 17.0 Å². The van der Waals surface area contributed by atoms with Crippen LogP contribution >= 0.6 is 0 Å². The van der Waals surface area contributed by atoms with Crippen molar-refractivity contribution in [2.75, 3.05) is 18.5 Å². The highest BCUT2D eigenvalue weighted by molar-refractivity contribution is 5.56. The van der Waals surface area contributed by atoms with Crippen molar-refractivity contribution >= 4 is 11.4 Å². The molecule has 0 unspecified atom stereocenters. The minimum Gasteiger partial charge on any atom is -0.492 e. The minimum atomic E-state index is -0.344. The maximum Gasteiger partial charge on any atom is 0.272 e. The zero-order valence-corrected chi connectivity index (χ0v) is 11.9. The summed E-state index contributed by atoms with van der Waals surface area (Å²) in [6.07, 6.45) is 0.581. The molecule has 5 nitrogen and oxygen atoms in total. The van der Waals surface area contributed by atoms with Gasteiger partial charge in [0.25, 0.3) is 5.69 Å². The Morgan fingerprint density at radius 1 is 1.14 bits per heavy atom. The Hall–Kier alpha value is -2.56. The maximum absolute atomic E-state index is 11.0. The van der Waals surface area contributed by atoms with Gasteiger partial charge in [-0.1, -0.05) is 30.3 Å². The van der Waals surface area contributed by atoms with Crippen molar-refractivity contribution in [1.29, 1.82) is 0 Å². The number of hydrogen-bond acceptors (Lipinski definition) is 4. The lowest BCUT2D eigenvalue weighted by atomic mass is 10.1. The molecule has 0 radical (unpaired) electrons. The van der Waals surface area contributed by atoms with E-state index < -0.39 is 0 Å². The number of benzene rings is 2. The van der Waals surface area contributed by atoms with Crippen LogP contribution in [0, 0.1) is 10.1 Å². The predicted molar refractivity (Wildman–Crippen MR) is 82.9 cm³/mol. The van der Waals surface area contributed by atoms with Crippen molar-refractivity contribution in [2.45, 2.75) is 13.3 Å². The Balaban J connectivity index is 2.01. The molecule has 0 saturated heterocycles. The molecule has 0 fully saturated rings. The summed E-state index contributed by atoms with van der Waals surface area (Å²) in [7, 11) is 0. The Morgan fingerprint density at radius 3 is 2.62 bits per heavy atom. The van der Waals surface area contributed by atoms with Crippen LogP contribution in [-0.2, 0) is 6.42 Å². The van der Waals surface area contributed by atoms with Gasteiger partial charge in [-0.15, -0.1) is 0 Å². The number of nitrogens with one attached hydrogen (secondary N) is 1. The van der Waals surface area contributed by atoms with Gasteiger partial charge in [-0.3, -0.25) is 10.1 Å². The van der Waals surface area contributed by atoms with Gasteiger partial charge in [0.15, 0.2) is 0 Å². The van der Waals surface area contributed by atoms with E-state index in [2.05, 4.69) is 5.32 Å². The molecule has 2 rings (SSSR count). The first-order valence-electron chi connectivity index (χ1n) is 6.90. The average Bonchev–Trinajstić information content (AvgIpc) is 2.49.